The summed E-state index contributed by atoms with van der Waals surface area (Å²) in [4.78, 5) is 20.7. The zero-order chi connectivity index (χ0) is 11.6. The van der Waals surface area contributed by atoms with E-state index in [0.717, 1.165) is 6.07 Å². The molecule has 5 nitrogen and oxygen atoms in total. The summed E-state index contributed by atoms with van der Waals surface area (Å²) >= 11 is 2.87. The fourth-order valence-electron chi connectivity index (χ4n) is 1.02. The zero-order valence-corrected chi connectivity index (χ0v) is 8.95. The highest BCUT2D eigenvalue weighted by molar-refractivity contribution is 9.09. The molecule has 80 valence electrons. The minimum atomic E-state index is -0.944. The van der Waals surface area contributed by atoms with Gasteiger partial charge in [0.15, 0.2) is 5.78 Å². The lowest BCUT2D eigenvalue weighted by atomic mass is 10.1. The van der Waals surface area contributed by atoms with Crippen molar-refractivity contribution >= 4 is 33.1 Å². The van der Waals surface area contributed by atoms with Crippen LogP contribution in [0.5, 0.6) is 0 Å². The van der Waals surface area contributed by atoms with E-state index in [1.165, 1.54) is 0 Å². The number of nitrogens with two attached hydrogens (primary N) is 1. The van der Waals surface area contributed by atoms with Gasteiger partial charge in [-0.05, 0) is 6.07 Å². The molecule has 0 atom stereocenters. The van der Waals surface area contributed by atoms with Gasteiger partial charge in [0.05, 0.1) is 21.9 Å². The van der Waals surface area contributed by atoms with Gasteiger partial charge in [0, 0.05) is 0 Å². The van der Waals surface area contributed by atoms with Gasteiger partial charge < -0.3 is 5.73 Å². The maximum atomic E-state index is 13.2. The molecular formula is C8H6BrFN2O3. The van der Waals surface area contributed by atoms with Crippen LogP contribution in [0.3, 0.4) is 0 Å². The Morgan fingerprint density at radius 1 is 1.60 bits per heavy atom. The van der Waals surface area contributed by atoms with Gasteiger partial charge in [0.2, 0.25) is 0 Å². The van der Waals surface area contributed by atoms with Crippen molar-refractivity contribution in [1.29, 1.82) is 0 Å². The van der Waals surface area contributed by atoms with Gasteiger partial charge in [-0.3, -0.25) is 14.9 Å². The Kier molecular flexibility index (Phi) is 3.35. The highest BCUT2D eigenvalue weighted by Gasteiger charge is 2.19. The number of hydrogen-bond donors (Lipinski definition) is 1. The van der Waals surface area contributed by atoms with Crippen molar-refractivity contribution in [2.24, 2.45) is 0 Å². The van der Waals surface area contributed by atoms with Crippen LogP contribution >= 0.6 is 15.9 Å². The minimum Gasteiger partial charge on any atom is -0.393 e. The quantitative estimate of drug-likeness (QED) is 0.300. The molecule has 0 aromatic heterocycles. The first-order valence-electron chi connectivity index (χ1n) is 3.80. The molecule has 0 fully saturated rings. The molecule has 0 heterocycles. The summed E-state index contributed by atoms with van der Waals surface area (Å²) in [5.41, 5.74) is 4.28. The van der Waals surface area contributed by atoms with E-state index in [4.69, 9.17) is 5.73 Å². The first-order chi connectivity index (χ1) is 6.97. The molecule has 0 saturated heterocycles. The number of anilines is 1. The molecule has 1 rings (SSSR count). The van der Waals surface area contributed by atoms with Crippen LogP contribution in [-0.4, -0.2) is 16.0 Å². The highest BCUT2D eigenvalue weighted by Crippen LogP contribution is 2.25. The molecule has 7 heteroatoms. The van der Waals surface area contributed by atoms with Crippen LogP contribution in [0.1, 0.15) is 10.4 Å². The van der Waals surface area contributed by atoms with Gasteiger partial charge >= 0.3 is 0 Å². The molecule has 0 amide bonds. The van der Waals surface area contributed by atoms with E-state index in [1.807, 2.05) is 0 Å². The summed E-state index contributed by atoms with van der Waals surface area (Å²) in [5, 5.41) is 10.3. The number of nitrogen functional groups attached to an aromatic ring is 1. The van der Waals surface area contributed by atoms with Crippen molar-refractivity contribution < 1.29 is 14.1 Å². The number of nitrogens with zero attached hydrogens (tertiary/aromatic N) is 1. The number of rotatable bonds is 3. The third kappa shape index (κ3) is 2.30. The lowest BCUT2D eigenvalue weighted by Gasteiger charge is -2.02. The Morgan fingerprint density at radius 2 is 2.20 bits per heavy atom. The molecule has 0 unspecified atom stereocenters. The molecule has 0 bridgehead atoms. The largest absolute Gasteiger partial charge is 0.393 e. The van der Waals surface area contributed by atoms with E-state index in [9.17, 15) is 19.3 Å². The number of hydrogen-bond acceptors (Lipinski definition) is 4. The van der Waals surface area contributed by atoms with Crippen molar-refractivity contribution in [2.75, 3.05) is 11.1 Å². The molecule has 0 saturated carbocycles. The maximum absolute atomic E-state index is 13.2. The Hall–Kier alpha value is -1.50. The average molecular weight is 277 g/mol. The van der Waals surface area contributed by atoms with Gasteiger partial charge in [0.1, 0.15) is 11.5 Å². The summed E-state index contributed by atoms with van der Waals surface area (Å²) in [6.45, 7) is 0. The number of nitro groups is 1. The smallest absolute Gasteiger partial charge is 0.295 e. The van der Waals surface area contributed by atoms with Crippen LogP contribution in [0.15, 0.2) is 12.1 Å². The lowest BCUT2D eigenvalue weighted by Crippen LogP contribution is -2.06. The van der Waals surface area contributed by atoms with Gasteiger partial charge in [-0.15, -0.1) is 0 Å². The number of carbonyl (C=O) groups excluding carboxylic acids is 1. The number of ketones is 1. The van der Waals surface area contributed by atoms with E-state index in [2.05, 4.69) is 15.9 Å². The van der Waals surface area contributed by atoms with Crippen LogP contribution < -0.4 is 5.73 Å². The van der Waals surface area contributed by atoms with Gasteiger partial charge in [-0.2, -0.15) is 0 Å². The summed E-state index contributed by atoms with van der Waals surface area (Å²) in [7, 11) is 0. The van der Waals surface area contributed by atoms with Crippen molar-refractivity contribution in [3.05, 3.63) is 33.6 Å². The van der Waals surface area contributed by atoms with E-state index < -0.39 is 22.2 Å². The molecule has 2 N–H and O–H groups in total. The van der Waals surface area contributed by atoms with Crippen molar-refractivity contribution in [2.45, 2.75) is 0 Å². The van der Waals surface area contributed by atoms with E-state index in [0.29, 0.717) is 6.07 Å². The molecule has 0 aliphatic rings. The van der Waals surface area contributed by atoms with Gasteiger partial charge in [0.25, 0.3) is 5.69 Å². The standard InChI is InChI=1S/C8H6BrFN2O3/c9-3-8(13)4-1-6(11)7(12(14)15)2-5(4)10/h1-2H,3,11H2. The van der Waals surface area contributed by atoms with Crippen LogP contribution in [0.25, 0.3) is 0 Å². The van der Waals surface area contributed by atoms with Gasteiger partial charge in [-0.1, -0.05) is 15.9 Å². The topological polar surface area (TPSA) is 86.2 Å². The average Bonchev–Trinajstić information content (AvgIpc) is 2.19. The number of halogens is 2. The fraction of sp³-hybridized carbons (Fsp3) is 0.125. The fourth-order valence-corrected chi connectivity index (χ4v) is 1.33. The third-order valence-electron chi connectivity index (χ3n) is 1.73. The van der Waals surface area contributed by atoms with Crippen LogP contribution in [-0.2, 0) is 0 Å². The number of alkyl halides is 1. The zero-order valence-electron chi connectivity index (χ0n) is 7.37. The summed E-state index contributed by atoms with van der Waals surface area (Å²) < 4.78 is 13.2. The second-order valence-corrected chi connectivity index (χ2v) is 3.27. The van der Waals surface area contributed by atoms with Gasteiger partial charge in [-0.25, -0.2) is 4.39 Å². The second kappa shape index (κ2) is 4.35. The first-order valence-corrected chi connectivity index (χ1v) is 4.92. The predicted octanol–water partition coefficient (Wildman–Crippen LogP) is 1.89. The molecule has 0 spiro atoms. The van der Waals surface area contributed by atoms with Crippen molar-refractivity contribution in [3.63, 3.8) is 0 Å². The summed E-state index contributed by atoms with van der Waals surface area (Å²) in [5.74, 6) is -1.46. The lowest BCUT2D eigenvalue weighted by molar-refractivity contribution is -0.384. The van der Waals surface area contributed by atoms with Crippen molar-refractivity contribution in [1.82, 2.24) is 0 Å². The van der Waals surface area contributed by atoms with E-state index in [1.54, 1.807) is 0 Å². The molecule has 1 aromatic rings. The minimum absolute atomic E-state index is 0.0683. The van der Waals surface area contributed by atoms with E-state index in [-0.39, 0.29) is 16.6 Å². The van der Waals surface area contributed by atoms with Crippen molar-refractivity contribution in [3.8, 4) is 0 Å². The second-order valence-electron chi connectivity index (χ2n) is 2.70. The monoisotopic (exact) mass is 276 g/mol. The predicted molar refractivity (Wildman–Crippen MR) is 55.6 cm³/mol. The number of nitro benzene ring substituents is 1. The van der Waals surface area contributed by atoms with Crippen LogP contribution in [0.4, 0.5) is 15.8 Å². The summed E-state index contributed by atoms with van der Waals surface area (Å²) in [6, 6.07) is 1.61. The Bertz CT molecular complexity index is 436. The number of Topliss-reactive ketones (excluding diaryl/α,β-unsaturated/α-hetero) is 1. The molecular weight excluding hydrogens is 271 g/mol. The molecule has 0 aliphatic carbocycles. The number of benzene rings is 1. The molecule has 15 heavy (non-hydrogen) atoms. The SMILES string of the molecule is Nc1cc(C(=O)CBr)c(F)cc1[N+](=O)[O-]. The maximum Gasteiger partial charge on any atom is 0.295 e. The summed E-state index contributed by atoms with van der Waals surface area (Å²) in [6.07, 6.45) is 0. The molecule has 1 aromatic carbocycles. The molecule has 0 radical (unpaired) electrons. The highest BCUT2D eigenvalue weighted by atomic mass is 79.9. The van der Waals surface area contributed by atoms with Crippen LogP contribution in [0.2, 0.25) is 0 Å². The Balaban J connectivity index is 3.31. The third-order valence-corrected chi connectivity index (χ3v) is 2.24. The van der Waals surface area contributed by atoms with E-state index >= 15 is 0 Å². The normalized spacial score (nSPS) is 10.0. The molecule has 0 aliphatic heterocycles. The Labute approximate surface area is 92.3 Å². The number of carbonyl (C=O) groups is 1. The van der Waals surface area contributed by atoms with Crippen LogP contribution in [0, 0.1) is 15.9 Å². The first kappa shape index (κ1) is 11.6. The Morgan fingerprint density at radius 3 is 2.67 bits per heavy atom.